The van der Waals surface area contributed by atoms with Gasteiger partial charge in [0.05, 0.1) is 12.5 Å². The fraction of sp³-hybridized carbons (Fsp3) is 0.250. The Hall–Kier alpha value is -0.220. The van der Waals surface area contributed by atoms with Gasteiger partial charge in [0.1, 0.15) is 5.75 Å². The van der Waals surface area contributed by atoms with Crippen LogP contribution in [0.3, 0.4) is 0 Å². The minimum atomic E-state index is -0.378. The summed E-state index contributed by atoms with van der Waals surface area (Å²) in [6.07, 6.45) is 0. The highest BCUT2D eigenvalue weighted by molar-refractivity contribution is 9.10. The Morgan fingerprint density at radius 2 is 1.81 bits per heavy atom. The number of benzene rings is 2. The quantitative estimate of drug-likeness (QED) is 0.464. The molecular weight excluding hydrogens is 439 g/mol. The van der Waals surface area contributed by atoms with Crippen molar-refractivity contribution in [3.05, 3.63) is 60.5 Å². The van der Waals surface area contributed by atoms with Crippen molar-refractivity contribution in [3.63, 3.8) is 0 Å². The van der Waals surface area contributed by atoms with Crippen LogP contribution in [0.15, 0.2) is 33.2 Å². The van der Waals surface area contributed by atoms with Gasteiger partial charge in [0.2, 0.25) is 0 Å². The van der Waals surface area contributed by atoms with Crippen LogP contribution in [0.1, 0.15) is 27.6 Å². The van der Waals surface area contributed by atoms with Crippen LogP contribution in [-0.2, 0) is 0 Å². The largest absolute Gasteiger partial charge is 0.496 e. The third kappa shape index (κ3) is 3.42. The number of methoxy groups -OCH3 is 1. The van der Waals surface area contributed by atoms with E-state index >= 15 is 0 Å². The first-order chi connectivity index (χ1) is 9.86. The third-order valence-electron chi connectivity index (χ3n) is 3.40. The summed E-state index contributed by atoms with van der Waals surface area (Å²) in [7, 11) is 1.66. The molecule has 0 bridgehead atoms. The van der Waals surface area contributed by atoms with Crippen LogP contribution in [0.5, 0.6) is 5.75 Å². The molecule has 5 heteroatoms. The number of ether oxygens (including phenoxy) is 1. The maximum absolute atomic E-state index is 6.72. The van der Waals surface area contributed by atoms with Gasteiger partial charge in [-0.3, -0.25) is 0 Å². The van der Waals surface area contributed by atoms with Crippen LogP contribution in [0.2, 0.25) is 5.02 Å². The van der Waals surface area contributed by atoms with Gasteiger partial charge in [-0.25, -0.2) is 0 Å². The second kappa shape index (κ2) is 6.91. The van der Waals surface area contributed by atoms with E-state index in [2.05, 4.69) is 31.9 Å². The molecule has 0 aromatic heterocycles. The highest BCUT2D eigenvalue weighted by Crippen LogP contribution is 2.44. The lowest BCUT2D eigenvalue weighted by atomic mass is 9.96. The molecule has 2 rings (SSSR count). The minimum absolute atomic E-state index is 0.378. The van der Waals surface area contributed by atoms with Crippen LogP contribution >= 0.6 is 55.1 Å². The number of hydrogen-bond acceptors (Lipinski definition) is 1. The van der Waals surface area contributed by atoms with Crippen LogP contribution in [0, 0.1) is 13.8 Å². The van der Waals surface area contributed by atoms with Crippen LogP contribution < -0.4 is 4.74 Å². The van der Waals surface area contributed by atoms with E-state index in [1.807, 2.05) is 38.1 Å². The van der Waals surface area contributed by atoms with Crippen molar-refractivity contribution in [2.24, 2.45) is 0 Å². The fourth-order valence-electron chi connectivity index (χ4n) is 2.31. The molecule has 0 heterocycles. The normalized spacial score (nSPS) is 12.3. The van der Waals surface area contributed by atoms with Gasteiger partial charge in [0, 0.05) is 19.5 Å². The highest BCUT2D eigenvalue weighted by atomic mass is 79.9. The molecule has 0 amide bonds. The average Bonchev–Trinajstić information content (AvgIpc) is 2.41. The van der Waals surface area contributed by atoms with Crippen molar-refractivity contribution in [1.82, 2.24) is 0 Å². The summed E-state index contributed by atoms with van der Waals surface area (Å²) in [6.45, 7) is 4.02. The van der Waals surface area contributed by atoms with Crippen molar-refractivity contribution in [2.45, 2.75) is 19.2 Å². The van der Waals surface area contributed by atoms with E-state index in [0.717, 1.165) is 36.9 Å². The van der Waals surface area contributed by atoms with Gasteiger partial charge in [0.15, 0.2) is 0 Å². The second-order valence-corrected chi connectivity index (χ2v) is 7.39. The second-order valence-electron chi connectivity index (χ2n) is 4.78. The molecule has 0 spiro atoms. The predicted molar refractivity (Wildman–Crippen MR) is 97.0 cm³/mol. The Balaban J connectivity index is 2.65. The summed E-state index contributed by atoms with van der Waals surface area (Å²) in [5.41, 5.74) is 3.89. The molecule has 2 aromatic rings. The Bertz CT molecular complexity index is 686. The molecule has 1 unspecified atom stereocenters. The zero-order chi connectivity index (χ0) is 15.7. The highest BCUT2D eigenvalue weighted by Gasteiger charge is 2.23. The first kappa shape index (κ1) is 17.1. The molecular formula is C16H14Br2Cl2O. The predicted octanol–water partition coefficient (Wildman–Crippen LogP) is 6.82. The number of alkyl halides is 1. The monoisotopic (exact) mass is 450 g/mol. The van der Waals surface area contributed by atoms with Gasteiger partial charge in [0.25, 0.3) is 0 Å². The number of halogens is 4. The van der Waals surface area contributed by atoms with Crippen LogP contribution in [0.25, 0.3) is 0 Å². The van der Waals surface area contributed by atoms with Gasteiger partial charge in [-0.05, 0) is 48.7 Å². The van der Waals surface area contributed by atoms with E-state index in [0.29, 0.717) is 5.02 Å². The first-order valence-corrected chi connectivity index (χ1v) is 8.69. The third-order valence-corrected chi connectivity index (χ3v) is 5.50. The molecule has 2 aromatic carbocycles. The Morgan fingerprint density at radius 3 is 2.38 bits per heavy atom. The fourth-order valence-corrected chi connectivity index (χ4v) is 4.16. The minimum Gasteiger partial charge on any atom is -0.496 e. The summed E-state index contributed by atoms with van der Waals surface area (Å²) in [6, 6.07) is 7.74. The molecule has 1 atom stereocenters. The zero-order valence-electron chi connectivity index (χ0n) is 11.8. The molecule has 0 aliphatic carbocycles. The van der Waals surface area contributed by atoms with Crippen molar-refractivity contribution < 1.29 is 4.74 Å². The lowest BCUT2D eigenvalue weighted by Crippen LogP contribution is -2.03. The van der Waals surface area contributed by atoms with Crippen LogP contribution in [-0.4, -0.2) is 7.11 Å². The summed E-state index contributed by atoms with van der Waals surface area (Å²) in [5, 5.41) is 0.250. The maximum atomic E-state index is 6.72. The van der Waals surface area contributed by atoms with Crippen molar-refractivity contribution in [3.8, 4) is 5.75 Å². The molecule has 1 nitrogen and oxygen atoms in total. The number of hydrogen-bond donors (Lipinski definition) is 0. The molecule has 0 aliphatic heterocycles. The Labute approximate surface area is 151 Å². The number of rotatable bonds is 3. The maximum Gasteiger partial charge on any atom is 0.127 e. The van der Waals surface area contributed by atoms with Gasteiger partial charge < -0.3 is 4.74 Å². The number of aryl methyl sites for hydroxylation is 1. The molecule has 21 heavy (non-hydrogen) atoms. The molecule has 0 saturated heterocycles. The van der Waals surface area contributed by atoms with Gasteiger partial charge in [-0.2, -0.15) is 0 Å². The van der Waals surface area contributed by atoms with E-state index in [-0.39, 0.29) is 5.38 Å². The smallest absolute Gasteiger partial charge is 0.127 e. The average molecular weight is 453 g/mol. The van der Waals surface area contributed by atoms with E-state index < -0.39 is 0 Å². The Morgan fingerprint density at radius 1 is 1.14 bits per heavy atom. The first-order valence-electron chi connectivity index (χ1n) is 6.29. The summed E-state index contributed by atoms with van der Waals surface area (Å²) in [4.78, 5) is 0. The van der Waals surface area contributed by atoms with Crippen molar-refractivity contribution in [1.29, 1.82) is 0 Å². The summed E-state index contributed by atoms with van der Waals surface area (Å²) < 4.78 is 7.49. The van der Waals surface area contributed by atoms with Gasteiger partial charge in [-0.15, -0.1) is 11.6 Å². The molecule has 0 N–H and O–H groups in total. The molecule has 0 radical (unpaired) electrons. The molecule has 0 aliphatic rings. The zero-order valence-corrected chi connectivity index (χ0v) is 16.5. The van der Waals surface area contributed by atoms with E-state index in [4.69, 9.17) is 27.9 Å². The SMILES string of the molecule is COc1c(C)cc(Br)c(C)c1C(Cl)c1ccc(Br)cc1Cl. The molecule has 0 fully saturated rings. The summed E-state index contributed by atoms with van der Waals surface area (Å²) in [5.74, 6) is 0.801. The summed E-state index contributed by atoms with van der Waals surface area (Å²) >= 11 is 20.0. The lowest BCUT2D eigenvalue weighted by Gasteiger charge is -2.21. The standard InChI is InChI=1S/C16H14Br2Cl2O/c1-8-6-12(18)9(2)14(16(8)21-3)15(20)11-5-4-10(17)7-13(11)19/h4-7,15H,1-3H3. The van der Waals surface area contributed by atoms with Gasteiger partial charge >= 0.3 is 0 Å². The van der Waals surface area contributed by atoms with Gasteiger partial charge in [-0.1, -0.05) is 49.5 Å². The van der Waals surface area contributed by atoms with E-state index in [9.17, 15) is 0 Å². The Kier molecular flexibility index (Phi) is 5.64. The van der Waals surface area contributed by atoms with Crippen molar-refractivity contribution >= 4 is 55.1 Å². The van der Waals surface area contributed by atoms with E-state index in [1.165, 1.54) is 0 Å². The topological polar surface area (TPSA) is 9.23 Å². The molecule has 112 valence electrons. The molecule has 0 saturated carbocycles. The van der Waals surface area contributed by atoms with E-state index in [1.54, 1.807) is 7.11 Å². The van der Waals surface area contributed by atoms with Crippen LogP contribution in [0.4, 0.5) is 0 Å². The van der Waals surface area contributed by atoms with Crippen molar-refractivity contribution in [2.75, 3.05) is 7.11 Å². The lowest BCUT2D eigenvalue weighted by molar-refractivity contribution is 0.406.